The molecule has 7 heteroatoms. The van der Waals surface area contributed by atoms with Crippen LogP contribution in [0.3, 0.4) is 0 Å². The average Bonchev–Trinajstić information content (AvgIpc) is 3.37. The second kappa shape index (κ2) is 12.5. The molecule has 2 heterocycles. The number of carbonyl (C=O) groups is 2. The molecule has 0 N–H and O–H groups in total. The molecule has 0 aliphatic carbocycles. The van der Waals surface area contributed by atoms with Gasteiger partial charge in [-0.2, -0.15) is 4.57 Å². The minimum Gasteiger partial charge on any atom is -0.466 e. The summed E-state index contributed by atoms with van der Waals surface area (Å²) in [6.07, 6.45) is 3.89. The number of nitrogens with zero attached hydrogens (tertiary/aromatic N) is 1. The Bertz CT molecular complexity index is 1860. The molecule has 0 atom stereocenters. The molecule has 208 valence electrons. The van der Waals surface area contributed by atoms with Crippen molar-refractivity contribution in [3.63, 3.8) is 0 Å². The number of pyridine rings is 1. The van der Waals surface area contributed by atoms with Gasteiger partial charge in [0.2, 0.25) is 11.5 Å². The summed E-state index contributed by atoms with van der Waals surface area (Å²) in [5, 5.41) is 5.36. The number of ketones is 1. The van der Waals surface area contributed by atoms with E-state index in [1.807, 2.05) is 35.2 Å². The third kappa shape index (κ3) is 5.71. The average molecular weight is 609 g/mol. The number of fused-ring (bicyclic) bond motifs is 2. The van der Waals surface area contributed by atoms with Gasteiger partial charge in [-0.15, -0.1) is 23.1 Å². The molecule has 4 nitrogen and oxygen atoms in total. The van der Waals surface area contributed by atoms with E-state index in [0.717, 1.165) is 9.90 Å². The molecule has 0 fully saturated rings. The summed E-state index contributed by atoms with van der Waals surface area (Å²) >= 11 is 9.23. The summed E-state index contributed by atoms with van der Waals surface area (Å²) in [5.41, 5.74) is 3.26. The van der Waals surface area contributed by atoms with Crippen LogP contribution in [0.4, 0.5) is 0 Å². The summed E-state index contributed by atoms with van der Waals surface area (Å²) in [5.74, 6) is 0.182. The third-order valence-corrected chi connectivity index (χ3v) is 9.85. The maximum Gasteiger partial charge on any atom is 0.310 e. The first-order valence-electron chi connectivity index (χ1n) is 13.6. The maximum absolute atomic E-state index is 13.9. The first-order valence-corrected chi connectivity index (χ1v) is 15.8. The van der Waals surface area contributed by atoms with E-state index in [1.54, 1.807) is 43.0 Å². The van der Waals surface area contributed by atoms with Crippen LogP contribution in [0, 0.1) is 0 Å². The SMILES string of the molecule is CCOC(=O)Cc1c(C(=O)c2ccc(Cl)cc2)sc(SCc2c3ccccc3cc3ccccc23)c1-[n+]1ccccc1. The quantitative estimate of drug-likeness (QED) is 0.0542. The van der Waals surface area contributed by atoms with Crippen molar-refractivity contribution >= 4 is 68.0 Å². The predicted molar refractivity (Wildman–Crippen MR) is 172 cm³/mol. The molecule has 0 unspecified atom stereocenters. The minimum absolute atomic E-state index is 0.00596. The molecular weight excluding hydrogens is 582 g/mol. The highest BCUT2D eigenvalue weighted by molar-refractivity contribution is 8.00. The van der Waals surface area contributed by atoms with Gasteiger partial charge in [-0.25, -0.2) is 0 Å². The van der Waals surface area contributed by atoms with Crippen molar-refractivity contribution in [2.45, 2.75) is 23.3 Å². The molecule has 6 aromatic rings. The van der Waals surface area contributed by atoms with Crippen LogP contribution in [0.1, 0.15) is 33.3 Å². The Morgan fingerprint density at radius 1 is 0.833 bits per heavy atom. The number of benzene rings is 4. The molecule has 4 aromatic carbocycles. The van der Waals surface area contributed by atoms with E-state index in [-0.39, 0.29) is 24.8 Å². The summed E-state index contributed by atoms with van der Waals surface area (Å²) in [6, 6.07) is 31.8. The van der Waals surface area contributed by atoms with Gasteiger partial charge >= 0.3 is 5.97 Å². The Hall–Kier alpha value is -3.97. The van der Waals surface area contributed by atoms with E-state index < -0.39 is 0 Å². The van der Waals surface area contributed by atoms with Crippen LogP contribution >= 0.6 is 34.7 Å². The van der Waals surface area contributed by atoms with Gasteiger partial charge in [0.15, 0.2) is 12.4 Å². The highest BCUT2D eigenvalue weighted by Crippen LogP contribution is 2.41. The minimum atomic E-state index is -0.366. The number of halogens is 1. The molecule has 0 amide bonds. The standard InChI is InChI=1S/C35H27ClNO3S2/c1-2-40-31(38)21-29-32(37-18-8-3-9-19-37)35(42-34(29)33(39)23-14-16-26(36)17-15-23)41-22-30-27-12-6-4-10-24(27)20-25-11-5-7-13-28(25)30/h3-20H,2,21-22H2,1H3/q+1. The number of thiophene rings is 1. The van der Waals surface area contributed by atoms with E-state index >= 15 is 0 Å². The maximum atomic E-state index is 13.9. The lowest BCUT2D eigenvalue weighted by Gasteiger charge is -2.11. The fraction of sp³-hybridized carbons (Fsp3) is 0.114. The molecule has 0 spiro atoms. The molecule has 0 aliphatic heterocycles. The molecule has 42 heavy (non-hydrogen) atoms. The lowest BCUT2D eigenvalue weighted by Crippen LogP contribution is -2.31. The number of carbonyl (C=O) groups excluding carboxylic acids is 2. The van der Waals surface area contributed by atoms with E-state index in [9.17, 15) is 9.59 Å². The third-order valence-electron chi connectivity index (χ3n) is 7.09. The highest BCUT2D eigenvalue weighted by Gasteiger charge is 2.32. The van der Waals surface area contributed by atoms with E-state index in [4.69, 9.17) is 16.3 Å². The van der Waals surface area contributed by atoms with Gasteiger partial charge in [0.05, 0.1) is 23.5 Å². The second-order valence-corrected chi connectivity index (χ2v) is 12.4. The van der Waals surface area contributed by atoms with Crippen LogP contribution < -0.4 is 4.57 Å². The Kier molecular flexibility index (Phi) is 8.38. The topological polar surface area (TPSA) is 47.3 Å². The Balaban J connectivity index is 1.50. The summed E-state index contributed by atoms with van der Waals surface area (Å²) < 4.78 is 8.30. The van der Waals surface area contributed by atoms with Crippen LogP contribution in [0.15, 0.2) is 114 Å². The van der Waals surface area contributed by atoms with Crippen LogP contribution in [0.5, 0.6) is 0 Å². The fourth-order valence-electron chi connectivity index (χ4n) is 5.18. The van der Waals surface area contributed by atoms with Gasteiger partial charge < -0.3 is 4.74 Å². The zero-order valence-corrected chi connectivity index (χ0v) is 25.3. The van der Waals surface area contributed by atoms with Crippen molar-refractivity contribution in [2.75, 3.05) is 6.61 Å². The molecule has 6 rings (SSSR count). The summed E-state index contributed by atoms with van der Waals surface area (Å²) in [7, 11) is 0. The Labute approximate surface area is 257 Å². The van der Waals surface area contributed by atoms with Gasteiger partial charge in [0.25, 0.3) is 0 Å². The Morgan fingerprint density at radius 3 is 2.12 bits per heavy atom. The lowest BCUT2D eigenvalue weighted by atomic mass is 9.98. The van der Waals surface area contributed by atoms with Gasteiger partial charge in [0, 0.05) is 28.5 Å². The van der Waals surface area contributed by atoms with Gasteiger partial charge in [-0.1, -0.05) is 66.2 Å². The first kappa shape index (κ1) is 28.2. The van der Waals surface area contributed by atoms with Crippen molar-refractivity contribution in [1.82, 2.24) is 0 Å². The zero-order valence-electron chi connectivity index (χ0n) is 22.9. The largest absolute Gasteiger partial charge is 0.466 e. The number of aromatic nitrogens is 1. The molecule has 0 saturated carbocycles. The number of thioether (sulfide) groups is 1. The van der Waals surface area contributed by atoms with Crippen molar-refractivity contribution in [1.29, 1.82) is 0 Å². The smallest absolute Gasteiger partial charge is 0.310 e. The fourth-order valence-corrected chi connectivity index (χ4v) is 7.93. The van der Waals surface area contributed by atoms with Crippen LogP contribution in [-0.4, -0.2) is 18.4 Å². The second-order valence-electron chi connectivity index (χ2n) is 9.73. The number of hydrogen-bond donors (Lipinski definition) is 0. The lowest BCUT2D eigenvalue weighted by molar-refractivity contribution is -0.598. The van der Waals surface area contributed by atoms with E-state index in [1.165, 1.54) is 38.4 Å². The van der Waals surface area contributed by atoms with Crippen molar-refractivity contribution in [3.05, 3.63) is 136 Å². The van der Waals surface area contributed by atoms with Crippen LogP contribution in [0.2, 0.25) is 5.02 Å². The highest BCUT2D eigenvalue weighted by atomic mass is 35.5. The predicted octanol–water partition coefficient (Wildman–Crippen LogP) is 8.61. The van der Waals surface area contributed by atoms with Crippen molar-refractivity contribution in [3.8, 4) is 5.69 Å². The van der Waals surface area contributed by atoms with E-state index in [2.05, 4.69) is 54.6 Å². The number of hydrogen-bond acceptors (Lipinski definition) is 5. The Morgan fingerprint density at radius 2 is 1.48 bits per heavy atom. The van der Waals surface area contributed by atoms with Gasteiger partial charge in [0.1, 0.15) is 4.21 Å². The number of esters is 1. The van der Waals surface area contributed by atoms with Crippen molar-refractivity contribution < 1.29 is 18.9 Å². The molecular formula is C35H27ClNO3S2+. The van der Waals surface area contributed by atoms with Crippen molar-refractivity contribution in [2.24, 2.45) is 0 Å². The summed E-state index contributed by atoms with van der Waals surface area (Å²) in [6.45, 7) is 2.06. The first-order chi connectivity index (χ1) is 20.5. The van der Waals surface area contributed by atoms with E-state index in [0.29, 0.717) is 26.8 Å². The number of ether oxygens (including phenoxy) is 1. The molecule has 0 radical (unpaired) electrons. The zero-order chi connectivity index (χ0) is 29.1. The molecule has 0 aliphatic rings. The molecule has 0 bridgehead atoms. The summed E-state index contributed by atoms with van der Waals surface area (Å²) in [4.78, 5) is 27.3. The van der Waals surface area contributed by atoms with Gasteiger partial charge in [-0.05, 0) is 64.4 Å². The van der Waals surface area contributed by atoms with Crippen LogP contribution in [-0.2, 0) is 21.7 Å². The van der Waals surface area contributed by atoms with Gasteiger partial charge in [-0.3, -0.25) is 9.59 Å². The normalized spacial score (nSPS) is 11.2. The molecule has 2 aromatic heterocycles. The van der Waals surface area contributed by atoms with Crippen LogP contribution in [0.25, 0.3) is 27.2 Å². The number of rotatable bonds is 9. The molecule has 0 saturated heterocycles. The monoisotopic (exact) mass is 608 g/mol.